The van der Waals surface area contributed by atoms with Crippen LogP contribution in [-0.4, -0.2) is 37.1 Å². The van der Waals surface area contributed by atoms with Crippen molar-refractivity contribution < 1.29 is 0 Å². The van der Waals surface area contributed by atoms with Crippen LogP contribution in [0.25, 0.3) is 0 Å². The Morgan fingerprint density at radius 2 is 1.93 bits per heavy atom. The van der Waals surface area contributed by atoms with E-state index in [1.807, 2.05) is 11.8 Å². The predicted octanol–water partition coefficient (Wildman–Crippen LogP) is 2.32. The van der Waals surface area contributed by atoms with Crippen molar-refractivity contribution in [1.82, 2.24) is 10.6 Å². The molecule has 0 rings (SSSR count). The van der Waals surface area contributed by atoms with Gasteiger partial charge in [-0.3, -0.25) is 4.99 Å². The normalized spacial score (nSPS) is 11.9. The first kappa shape index (κ1) is 17.7. The molecule has 5 heteroatoms. The van der Waals surface area contributed by atoms with E-state index in [0.29, 0.717) is 0 Å². The summed E-state index contributed by atoms with van der Waals surface area (Å²) in [5, 5.41) is 6.56. The van der Waals surface area contributed by atoms with Crippen molar-refractivity contribution >= 4 is 41.7 Å². The van der Waals surface area contributed by atoms with Gasteiger partial charge in [-0.2, -0.15) is 11.8 Å². The Morgan fingerprint density at radius 3 is 2.33 bits per heavy atom. The van der Waals surface area contributed by atoms with Crippen molar-refractivity contribution in [2.75, 3.05) is 26.4 Å². The van der Waals surface area contributed by atoms with Crippen molar-refractivity contribution in [3.8, 4) is 0 Å². The summed E-state index contributed by atoms with van der Waals surface area (Å²) in [5.41, 5.74) is 0. The summed E-state index contributed by atoms with van der Waals surface area (Å²) < 4.78 is 0.254. The lowest BCUT2D eigenvalue weighted by molar-refractivity contribution is 0.663. The molecule has 0 spiro atoms. The van der Waals surface area contributed by atoms with Crippen LogP contribution in [0.15, 0.2) is 4.99 Å². The molecular weight excluding hydrogens is 321 g/mol. The van der Waals surface area contributed by atoms with Gasteiger partial charge in [-0.05, 0) is 26.5 Å². The van der Waals surface area contributed by atoms with E-state index in [9.17, 15) is 0 Å². The lowest BCUT2D eigenvalue weighted by Gasteiger charge is -2.23. The van der Waals surface area contributed by atoms with Crippen LogP contribution in [0.3, 0.4) is 0 Å². The van der Waals surface area contributed by atoms with Crippen molar-refractivity contribution in [1.29, 1.82) is 0 Å². The number of nitrogens with zero attached hydrogens (tertiary/aromatic N) is 1. The lowest BCUT2D eigenvalue weighted by Crippen LogP contribution is -2.43. The van der Waals surface area contributed by atoms with Crippen LogP contribution in [0.1, 0.15) is 27.2 Å². The van der Waals surface area contributed by atoms with Gasteiger partial charge in [0.15, 0.2) is 5.96 Å². The zero-order valence-electron chi connectivity index (χ0n) is 10.4. The van der Waals surface area contributed by atoms with E-state index < -0.39 is 0 Å². The minimum absolute atomic E-state index is 0. The Kier molecular flexibility index (Phi) is 11.3. The first-order chi connectivity index (χ1) is 6.55. The van der Waals surface area contributed by atoms with Crippen molar-refractivity contribution in [3.63, 3.8) is 0 Å². The number of rotatable bonds is 5. The van der Waals surface area contributed by atoms with Gasteiger partial charge in [0.25, 0.3) is 0 Å². The van der Waals surface area contributed by atoms with Gasteiger partial charge in [0, 0.05) is 24.9 Å². The second-order valence-electron chi connectivity index (χ2n) is 3.82. The van der Waals surface area contributed by atoms with Gasteiger partial charge in [0.05, 0.1) is 0 Å². The molecule has 0 saturated carbocycles. The van der Waals surface area contributed by atoms with Gasteiger partial charge < -0.3 is 10.6 Å². The minimum atomic E-state index is 0. The Balaban J connectivity index is 0. The Hall–Kier alpha value is 0.350. The molecule has 0 fully saturated rings. The number of halogens is 1. The highest BCUT2D eigenvalue weighted by Gasteiger charge is 2.15. The van der Waals surface area contributed by atoms with Crippen LogP contribution in [0.5, 0.6) is 0 Å². The molecule has 0 aromatic rings. The highest BCUT2D eigenvalue weighted by Crippen LogP contribution is 2.19. The standard InChI is InChI=1S/C10H23N3S.HI/c1-6-7-12-9(11-4)13-8-10(2,3)14-5;/h6-8H2,1-5H3,(H2,11,12,13);1H. The maximum Gasteiger partial charge on any atom is 0.191 e. The Morgan fingerprint density at radius 1 is 1.33 bits per heavy atom. The molecule has 3 nitrogen and oxygen atoms in total. The van der Waals surface area contributed by atoms with Crippen LogP contribution in [0.4, 0.5) is 0 Å². The van der Waals surface area contributed by atoms with Gasteiger partial charge in [0.2, 0.25) is 0 Å². The molecule has 0 aliphatic rings. The third kappa shape index (κ3) is 9.29. The molecule has 0 amide bonds. The largest absolute Gasteiger partial charge is 0.356 e. The van der Waals surface area contributed by atoms with E-state index in [0.717, 1.165) is 25.5 Å². The number of guanidine groups is 1. The number of hydrogen-bond donors (Lipinski definition) is 2. The van der Waals surface area contributed by atoms with Crippen LogP contribution in [0, 0.1) is 0 Å². The second kappa shape index (κ2) is 9.57. The SMILES string of the molecule is CCCNC(=NC)NCC(C)(C)SC.I. The summed E-state index contributed by atoms with van der Waals surface area (Å²) in [7, 11) is 1.80. The predicted molar refractivity (Wildman–Crippen MR) is 82.7 cm³/mol. The van der Waals surface area contributed by atoms with Crippen LogP contribution >= 0.6 is 35.7 Å². The van der Waals surface area contributed by atoms with Crippen molar-refractivity contribution in [3.05, 3.63) is 0 Å². The Bertz CT molecular complexity index is 184. The van der Waals surface area contributed by atoms with Crippen molar-refractivity contribution in [2.24, 2.45) is 4.99 Å². The lowest BCUT2D eigenvalue weighted by atomic mass is 10.2. The molecule has 0 saturated heterocycles. The molecule has 2 N–H and O–H groups in total. The zero-order valence-corrected chi connectivity index (χ0v) is 13.5. The molecule has 0 radical (unpaired) electrons. The molecule has 92 valence electrons. The average molecular weight is 345 g/mol. The van der Waals surface area contributed by atoms with E-state index in [2.05, 4.69) is 42.7 Å². The summed E-state index contributed by atoms with van der Waals surface area (Å²) >= 11 is 1.86. The monoisotopic (exact) mass is 345 g/mol. The smallest absolute Gasteiger partial charge is 0.191 e. The van der Waals surface area contributed by atoms with Crippen molar-refractivity contribution in [2.45, 2.75) is 31.9 Å². The zero-order chi connectivity index (χ0) is 11.0. The molecule has 0 aromatic carbocycles. The number of aliphatic imine (C=N–C) groups is 1. The Labute approximate surface area is 115 Å². The van der Waals surface area contributed by atoms with E-state index >= 15 is 0 Å². The molecule has 0 aliphatic heterocycles. The molecule has 15 heavy (non-hydrogen) atoms. The van der Waals surface area contributed by atoms with E-state index in [1.54, 1.807) is 7.05 Å². The molecule has 0 atom stereocenters. The summed E-state index contributed by atoms with van der Waals surface area (Å²) in [4.78, 5) is 4.15. The molecule has 0 aliphatic carbocycles. The van der Waals surface area contributed by atoms with Gasteiger partial charge in [0.1, 0.15) is 0 Å². The maximum atomic E-state index is 4.15. The first-order valence-electron chi connectivity index (χ1n) is 5.05. The maximum absolute atomic E-state index is 4.15. The number of thioether (sulfide) groups is 1. The van der Waals surface area contributed by atoms with Crippen LogP contribution in [-0.2, 0) is 0 Å². The third-order valence-corrected chi connectivity index (χ3v) is 3.25. The molecule has 0 bridgehead atoms. The third-order valence-electron chi connectivity index (χ3n) is 2.00. The summed E-state index contributed by atoms with van der Waals surface area (Å²) in [6.45, 7) is 8.48. The summed E-state index contributed by atoms with van der Waals surface area (Å²) in [6, 6.07) is 0. The summed E-state index contributed by atoms with van der Waals surface area (Å²) in [6.07, 6.45) is 3.25. The summed E-state index contributed by atoms with van der Waals surface area (Å²) in [5.74, 6) is 0.897. The first-order valence-corrected chi connectivity index (χ1v) is 6.28. The molecule has 0 heterocycles. The fraction of sp³-hybridized carbons (Fsp3) is 0.900. The fourth-order valence-corrected chi connectivity index (χ4v) is 1.05. The quantitative estimate of drug-likeness (QED) is 0.456. The van der Waals surface area contributed by atoms with E-state index in [4.69, 9.17) is 0 Å². The highest BCUT2D eigenvalue weighted by molar-refractivity contribution is 14.0. The minimum Gasteiger partial charge on any atom is -0.356 e. The molecule has 0 aromatic heterocycles. The van der Waals surface area contributed by atoms with Crippen LogP contribution < -0.4 is 10.6 Å². The topological polar surface area (TPSA) is 36.4 Å². The van der Waals surface area contributed by atoms with Gasteiger partial charge in [-0.1, -0.05) is 6.92 Å². The van der Waals surface area contributed by atoms with Gasteiger partial charge >= 0.3 is 0 Å². The van der Waals surface area contributed by atoms with E-state index in [1.165, 1.54) is 0 Å². The van der Waals surface area contributed by atoms with Gasteiger partial charge in [-0.15, -0.1) is 24.0 Å². The van der Waals surface area contributed by atoms with Gasteiger partial charge in [-0.25, -0.2) is 0 Å². The highest BCUT2D eigenvalue weighted by atomic mass is 127. The number of nitrogens with one attached hydrogen (secondary N) is 2. The number of hydrogen-bond acceptors (Lipinski definition) is 2. The average Bonchev–Trinajstić information content (AvgIpc) is 2.18. The molecule has 0 unspecified atom stereocenters. The second-order valence-corrected chi connectivity index (χ2v) is 5.33. The molecular formula is C10H24IN3S. The van der Waals surface area contributed by atoms with E-state index in [-0.39, 0.29) is 28.7 Å². The van der Waals surface area contributed by atoms with Crippen LogP contribution in [0.2, 0.25) is 0 Å². The fourth-order valence-electron chi connectivity index (χ4n) is 0.833.